The van der Waals surface area contributed by atoms with Crippen LogP contribution in [0.1, 0.15) is 10.4 Å². The first-order chi connectivity index (χ1) is 12.8. The summed E-state index contributed by atoms with van der Waals surface area (Å²) in [7, 11) is -1.95. The van der Waals surface area contributed by atoms with E-state index in [1.165, 1.54) is 23.5 Å². The van der Waals surface area contributed by atoms with Gasteiger partial charge in [-0.2, -0.15) is 4.99 Å². The van der Waals surface area contributed by atoms with Gasteiger partial charge in [-0.05, 0) is 30.3 Å². The maximum absolute atomic E-state index is 12.7. The SMILES string of the molecule is C=CCn1c(=NC(=O)c2ccccc2S(C)(=O)=O)sc2cc(OC)ccc21. The highest BCUT2D eigenvalue weighted by Crippen LogP contribution is 2.23. The number of rotatable bonds is 5. The Balaban J connectivity index is 2.20. The maximum Gasteiger partial charge on any atom is 0.280 e. The van der Waals surface area contributed by atoms with Crippen molar-refractivity contribution in [1.82, 2.24) is 4.57 Å². The highest BCUT2D eigenvalue weighted by molar-refractivity contribution is 7.90. The first-order valence-corrected chi connectivity index (χ1v) is 10.7. The van der Waals surface area contributed by atoms with Crippen LogP contribution in [-0.2, 0) is 16.4 Å². The number of benzene rings is 2. The van der Waals surface area contributed by atoms with Gasteiger partial charge in [0.25, 0.3) is 5.91 Å². The molecule has 3 aromatic rings. The number of fused-ring (bicyclic) bond motifs is 1. The Morgan fingerprint density at radius 3 is 2.70 bits per heavy atom. The molecule has 0 saturated carbocycles. The Morgan fingerprint density at radius 2 is 2.04 bits per heavy atom. The lowest BCUT2D eigenvalue weighted by molar-refractivity contribution is 0.0994. The van der Waals surface area contributed by atoms with E-state index in [0.29, 0.717) is 17.1 Å². The van der Waals surface area contributed by atoms with Crippen molar-refractivity contribution in [3.8, 4) is 5.75 Å². The van der Waals surface area contributed by atoms with E-state index in [1.54, 1.807) is 25.3 Å². The van der Waals surface area contributed by atoms with E-state index in [-0.39, 0.29) is 10.5 Å². The average molecular weight is 402 g/mol. The number of thiazole rings is 1. The predicted molar refractivity (Wildman–Crippen MR) is 106 cm³/mol. The lowest BCUT2D eigenvalue weighted by atomic mass is 10.2. The number of nitrogens with zero attached hydrogens (tertiary/aromatic N) is 2. The van der Waals surface area contributed by atoms with Crippen LogP contribution in [0.5, 0.6) is 5.75 Å². The molecular formula is C19H18N2O4S2. The van der Waals surface area contributed by atoms with Gasteiger partial charge in [-0.3, -0.25) is 4.79 Å². The van der Waals surface area contributed by atoms with Crippen LogP contribution in [0.15, 0.2) is 65.0 Å². The minimum absolute atomic E-state index is 0.0307. The highest BCUT2D eigenvalue weighted by atomic mass is 32.2. The summed E-state index contributed by atoms with van der Waals surface area (Å²) in [4.78, 5) is 17.4. The fourth-order valence-electron chi connectivity index (χ4n) is 2.69. The third-order valence-electron chi connectivity index (χ3n) is 3.92. The molecule has 0 aliphatic heterocycles. The van der Waals surface area contributed by atoms with Crippen molar-refractivity contribution in [1.29, 1.82) is 0 Å². The third-order valence-corrected chi connectivity index (χ3v) is 6.11. The number of ether oxygens (including phenoxy) is 1. The molecule has 0 saturated heterocycles. The second-order valence-electron chi connectivity index (χ2n) is 5.80. The first-order valence-electron chi connectivity index (χ1n) is 8.01. The van der Waals surface area contributed by atoms with E-state index in [9.17, 15) is 13.2 Å². The fraction of sp³-hybridized carbons (Fsp3) is 0.158. The molecule has 8 heteroatoms. The summed E-state index contributed by atoms with van der Waals surface area (Å²) in [5.74, 6) is 0.0992. The molecule has 3 rings (SSSR count). The second kappa shape index (κ2) is 7.50. The monoisotopic (exact) mass is 402 g/mol. The number of aromatic nitrogens is 1. The summed E-state index contributed by atoms with van der Waals surface area (Å²) >= 11 is 1.33. The summed E-state index contributed by atoms with van der Waals surface area (Å²) in [6.45, 7) is 4.22. The number of hydrogen-bond donors (Lipinski definition) is 0. The predicted octanol–water partition coefficient (Wildman–Crippen LogP) is 3.04. The summed E-state index contributed by atoms with van der Waals surface area (Å²) in [5, 5.41) is 0. The normalized spacial score (nSPS) is 12.3. The molecule has 0 fully saturated rings. The summed E-state index contributed by atoms with van der Waals surface area (Å²) in [6.07, 6.45) is 2.78. The molecule has 1 aromatic heterocycles. The van der Waals surface area contributed by atoms with Crippen LogP contribution in [0.4, 0.5) is 0 Å². The highest BCUT2D eigenvalue weighted by Gasteiger charge is 2.18. The number of hydrogen-bond acceptors (Lipinski definition) is 5. The molecule has 6 nitrogen and oxygen atoms in total. The Labute approximate surface area is 161 Å². The average Bonchev–Trinajstić information content (AvgIpc) is 2.97. The third kappa shape index (κ3) is 3.86. The summed E-state index contributed by atoms with van der Waals surface area (Å²) < 4.78 is 31.9. The lowest BCUT2D eigenvalue weighted by Crippen LogP contribution is -2.17. The molecular weight excluding hydrogens is 384 g/mol. The molecule has 2 aromatic carbocycles. The molecule has 0 bridgehead atoms. The Hall–Kier alpha value is -2.71. The maximum atomic E-state index is 12.7. The van der Waals surface area contributed by atoms with Crippen LogP contribution in [0.2, 0.25) is 0 Å². The van der Waals surface area contributed by atoms with Gasteiger partial charge in [0.1, 0.15) is 5.75 Å². The van der Waals surface area contributed by atoms with Gasteiger partial charge in [-0.1, -0.05) is 29.5 Å². The molecule has 27 heavy (non-hydrogen) atoms. The molecule has 140 valence electrons. The summed E-state index contributed by atoms with van der Waals surface area (Å²) in [6, 6.07) is 11.7. The number of carbonyl (C=O) groups is 1. The number of carbonyl (C=O) groups excluding carboxylic acids is 1. The van der Waals surface area contributed by atoms with Crippen molar-refractivity contribution in [3.63, 3.8) is 0 Å². The minimum Gasteiger partial charge on any atom is -0.497 e. The van der Waals surface area contributed by atoms with Gasteiger partial charge in [0.05, 0.1) is 27.8 Å². The van der Waals surface area contributed by atoms with Crippen molar-refractivity contribution in [2.24, 2.45) is 4.99 Å². The van der Waals surface area contributed by atoms with E-state index in [1.807, 2.05) is 22.8 Å². The molecule has 0 N–H and O–H groups in total. The topological polar surface area (TPSA) is 77.7 Å². The number of amides is 1. The van der Waals surface area contributed by atoms with Crippen LogP contribution >= 0.6 is 11.3 Å². The second-order valence-corrected chi connectivity index (χ2v) is 8.80. The molecule has 0 aliphatic rings. The van der Waals surface area contributed by atoms with Gasteiger partial charge in [0.2, 0.25) is 0 Å². The number of sulfone groups is 1. The van der Waals surface area contributed by atoms with Gasteiger partial charge >= 0.3 is 0 Å². The minimum atomic E-state index is -3.54. The van der Waals surface area contributed by atoms with E-state index in [0.717, 1.165) is 16.5 Å². The van der Waals surface area contributed by atoms with Crippen molar-refractivity contribution in [2.45, 2.75) is 11.4 Å². The molecule has 0 unspecified atom stereocenters. The zero-order valence-corrected chi connectivity index (χ0v) is 16.5. The van der Waals surface area contributed by atoms with Crippen LogP contribution in [0, 0.1) is 0 Å². The largest absolute Gasteiger partial charge is 0.497 e. The van der Waals surface area contributed by atoms with E-state index in [4.69, 9.17) is 4.74 Å². The smallest absolute Gasteiger partial charge is 0.280 e. The van der Waals surface area contributed by atoms with Gasteiger partial charge in [0, 0.05) is 12.8 Å². The molecule has 0 radical (unpaired) electrons. The standard InChI is InChI=1S/C19H18N2O4S2/c1-4-11-21-15-10-9-13(25-2)12-16(15)26-19(21)20-18(22)14-7-5-6-8-17(14)27(3,23)24/h4-10,12H,1,11H2,2-3H3. The molecule has 0 aliphatic carbocycles. The Morgan fingerprint density at radius 1 is 1.30 bits per heavy atom. The van der Waals surface area contributed by atoms with Gasteiger partial charge in [0.15, 0.2) is 14.6 Å². The van der Waals surface area contributed by atoms with Crippen LogP contribution in [-0.4, -0.2) is 32.3 Å². The van der Waals surface area contributed by atoms with Gasteiger partial charge in [-0.15, -0.1) is 6.58 Å². The lowest BCUT2D eigenvalue weighted by Gasteiger charge is -2.04. The van der Waals surface area contributed by atoms with E-state index < -0.39 is 15.7 Å². The number of allylic oxidation sites excluding steroid dienone is 1. The zero-order chi connectivity index (χ0) is 19.6. The quantitative estimate of drug-likeness (QED) is 0.615. The van der Waals surface area contributed by atoms with E-state index >= 15 is 0 Å². The molecule has 0 atom stereocenters. The van der Waals surface area contributed by atoms with Crippen molar-refractivity contribution >= 4 is 37.3 Å². The van der Waals surface area contributed by atoms with Crippen LogP contribution in [0.25, 0.3) is 10.2 Å². The molecule has 1 amide bonds. The Kier molecular flexibility index (Phi) is 5.29. The number of methoxy groups -OCH3 is 1. The Bertz CT molecular complexity index is 1200. The van der Waals surface area contributed by atoms with Crippen LogP contribution < -0.4 is 9.54 Å². The van der Waals surface area contributed by atoms with Gasteiger partial charge in [-0.25, -0.2) is 8.42 Å². The van der Waals surface area contributed by atoms with Crippen molar-refractivity contribution in [3.05, 3.63) is 65.5 Å². The van der Waals surface area contributed by atoms with Gasteiger partial charge < -0.3 is 9.30 Å². The molecule has 1 heterocycles. The van der Waals surface area contributed by atoms with E-state index in [2.05, 4.69) is 11.6 Å². The van der Waals surface area contributed by atoms with Crippen molar-refractivity contribution < 1.29 is 17.9 Å². The summed E-state index contributed by atoms with van der Waals surface area (Å²) in [5.41, 5.74) is 0.948. The zero-order valence-electron chi connectivity index (χ0n) is 14.9. The first kappa shape index (κ1) is 19.1. The molecule has 0 spiro atoms. The fourth-order valence-corrected chi connectivity index (χ4v) is 4.63. The van der Waals surface area contributed by atoms with Crippen molar-refractivity contribution in [2.75, 3.05) is 13.4 Å². The van der Waals surface area contributed by atoms with Crippen LogP contribution in [0.3, 0.4) is 0 Å².